The van der Waals surface area contributed by atoms with Crippen LogP contribution < -0.4 is 5.32 Å². The Morgan fingerprint density at radius 2 is 2.24 bits per heavy atom. The van der Waals surface area contributed by atoms with E-state index in [1.807, 2.05) is 18.7 Å². The van der Waals surface area contributed by atoms with E-state index in [9.17, 15) is 0 Å². The molecule has 3 rings (SSSR count). The fraction of sp³-hybridized carbons (Fsp3) is 0.385. The Bertz CT molecular complexity index is 503. The number of pyridine rings is 1. The average molecular weight is 228 g/mol. The molecule has 1 atom stereocenters. The summed E-state index contributed by atoms with van der Waals surface area (Å²) in [6, 6.07) is 4.32. The summed E-state index contributed by atoms with van der Waals surface area (Å²) in [5.41, 5.74) is 3.78. The van der Waals surface area contributed by atoms with Crippen molar-refractivity contribution in [1.29, 1.82) is 0 Å². The van der Waals surface area contributed by atoms with Gasteiger partial charge in [-0.15, -0.1) is 0 Å². The number of aromatic nitrogens is 3. The lowest BCUT2D eigenvalue weighted by molar-refractivity contribution is 0.537. The van der Waals surface area contributed by atoms with E-state index in [0.29, 0.717) is 0 Å². The van der Waals surface area contributed by atoms with E-state index in [1.165, 1.54) is 17.0 Å². The van der Waals surface area contributed by atoms with Crippen LogP contribution in [0.1, 0.15) is 29.9 Å². The highest BCUT2D eigenvalue weighted by Gasteiger charge is 2.25. The van der Waals surface area contributed by atoms with Crippen LogP contribution in [0, 0.1) is 0 Å². The zero-order chi connectivity index (χ0) is 11.7. The first-order chi connectivity index (χ1) is 8.40. The van der Waals surface area contributed by atoms with Gasteiger partial charge in [0.15, 0.2) is 0 Å². The lowest BCUT2D eigenvalue weighted by atomic mass is 9.99. The zero-order valence-corrected chi connectivity index (χ0v) is 9.93. The number of nitrogens with one attached hydrogen (secondary N) is 1. The SMILES string of the molecule is CCn1cnc2c1CCNC2c1ccncc1. The number of hydrogen-bond donors (Lipinski definition) is 1. The Morgan fingerprint density at radius 1 is 1.41 bits per heavy atom. The van der Waals surface area contributed by atoms with Crippen molar-refractivity contribution in [3.05, 3.63) is 47.8 Å². The molecule has 0 radical (unpaired) electrons. The summed E-state index contributed by atoms with van der Waals surface area (Å²) in [6.45, 7) is 4.16. The molecule has 0 fully saturated rings. The molecule has 1 aliphatic rings. The molecular formula is C13H16N4. The molecule has 0 spiro atoms. The first-order valence-electron chi connectivity index (χ1n) is 6.07. The van der Waals surface area contributed by atoms with Crippen molar-refractivity contribution in [1.82, 2.24) is 19.9 Å². The fourth-order valence-corrected chi connectivity index (χ4v) is 2.47. The van der Waals surface area contributed by atoms with Crippen LogP contribution in [-0.2, 0) is 13.0 Å². The van der Waals surface area contributed by atoms with Crippen molar-refractivity contribution in [3.63, 3.8) is 0 Å². The third-order valence-corrected chi connectivity index (χ3v) is 3.34. The minimum atomic E-state index is 0.217. The van der Waals surface area contributed by atoms with Crippen molar-refractivity contribution in [3.8, 4) is 0 Å². The summed E-state index contributed by atoms with van der Waals surface area (Å²) < 4.78 is 2.24. The molecule has 4 heteroatoms. The van der Waals surface area contributed by atoms with Crippen LogP contribution >= 0.6 is 0 Å². The second kappa shape index (κ2) is 4.30. The molecule has 2 aromatic rings. The van der Waals surface area contributed by atoms with Crippen molar-refractivity contribution in [2.45, 2.75) is 25.9 Å². The van der Waals surface area contributed by atoms with E-state index in [0.717, 1.165) is 19.5 Å². The van der Waals surface area contributed by atoms with Crippen LogP contribution in [0.15, 0.2) is 30.9 Å². The molecule has 88 valence electrons. The van der Waals surface area contributed by atoms with E-state index in [4.69, 9.17) is 0 Å². The second-order valence-electron chi connectivity index (χ2n) is 4.28. The predicted octanol–water partition coefficient (Wildman–Crippen LogP) is 1.53. The summed E-state index contributed by atoms with van der Waals surface area (Å²) in [7, 11) is 0. The van der Waals surface area contributed by atoms with Gasteiger partial charge in [-0.25, -0.2) is 4.98 Å². The second-order valence-corrected chi connectivity index (χ2v) is 4.28. The molecule has 4 nitrogen and oxygen atoms in total. The molecule has 17 heavy (non-hydrogen) atoms. The van der Waals surface area contributed by atoms with Gasteiger partial charge in [0.05, 0.1) is 18.1 Å². The van der Waals surface area contributed by atoms with Crippen LogP contribution in [0.3, 0.4) is 0 Å². The topological polar surface area (TPSA) is 42.7 Å². The van der Waals surface area contributed by atoms with E-state index < -0.39 is 0 Å². The maximum atomic E-state index is 4.57. The van der Waals surface area contributed by atoms with Crippen molar-refractivity contribution >= 4 is 0 Å². The Morgan fingerprint density at radius 3 is 3.00 bits per heavy atom. The van der Waals surface area contributed by atoms with Gasteiger partial charge in [-0.2, -0.15) is 0 Å². The number of fused-ring (bicyclic) bond motifs is 1. The molecule has 0 bridgehead atoms. The van der Waals surface area contributed by atoms with Gasteiger partial charge in [-0.05, 0) is 24.6 Å². The van der Waals surface area contributed by atoms with Crippen molar-refractivity contribution in [2.75, 3.05) is 6.54 Å². The Hall–Kier alpha value is -1.68. The summed E-state index contributed by atoms with van der Waals surface area (Å²) in [6.07, 6.45) is 6.68. The molecule has 2 aromatic heterocycles. The Kier molecular flexibility index (Phi) is 2.65. The number of aryl methyl sites for hydroxylation is 1. The molecule has 0 aromatic carbocycles. The van der Waals surface area contributed by atoms with Gasteiger partial charge in [-0.3, -0.25) is 4.98 Å². The highest BCUT2D eigenvalue weighted by molar-refractivity contribution is 5.31. The molecule has 0 aliphatic carbocycles. The summed E-state index contributed by atoms with van der Waals surface area (Å²) in [5.74, 6) is 0. The van der Waals surface area contributed by atoms with Crippen LogP contribution in [0.5, 0.6) is 0 Å². The quantitative estimate of drug-likeness (QED) is 0.847. The van der Waals surface area contributed by atoms with Gasteiger partial charge in [-0.1, -0.05) is 0 Å². The lowest BCUT2D eigenvalue weighted by Crippen LogP contribution is -2.31. The summed E-state index contributed by atoms with van der Waals surface area (Å²) >= 11 is 0. The minimum absolute atomic E-state index is 0.217. The molecule has 1 aliphatic heterocycles. The van der Waals surface area contributed by atoms with Crippen molar-refractivity contribution < 1.29 is 0 Å². The molecule has 1 unspecified atom stereocenters. The summed E-state index contributed by atoms with van der Waals surface area (Å²) in [4.78, 5) is 8.63. The van der Waals surface area contributed by atoms with E-state index in [1.54, 1.807) is 0 Å². The summed E-state index contributed by atoms with van der Waals surface area (Å²) in [5, 5.41) is 3.53. The smallest absolute Gasteiger partial charge is 0.0952 e. The van der Waals surface area contributed by atoms with Crippen molar-refractivity contribution in [2.24, 2.45) is 0 Å². The van der Waals surface area contributed by atoms with E-state index >= 15 is 0 Å². The number of hydrogen-bond acceptors (Lipinski definition) is 3. The van der Waals surface area contributed by atoms with Gasteiger partial charge in [0, 0.05) is 37.6 Å². The highest BCUT2D eigenvalue weighted by atomic mass is 15.1. The molecule has 1 N–H and O–H groups in total. The first kappa shape index (κ1) is 10.5. The van der Waals surface area contributed by atoms with Crippen LogP contribution in [0.25, 0.3) is 0 Å². The Balaban J connectivity index is 2.03. The van der Waals surface area contributed by atoms with Crippen LogP contribution in [0.4, 0.5) is 0 Å². The standard InChI is InChI=1S/C13H16N4/c1-2-17-9-16-13-11(17)5-8-15-12(13)10-3-6-14-7-4-10/h3-4,6-7,9,12,15H,2,5,8H2,1H3. The third kappa shape index (κ3) is 1.74. The van der Waals surface area contributed by atoms with Crippen LogP contribution in [-0.4, -0.2) is 21.1 Å². The zero-order valence-electron chi connectivity index (χ0n) is 9.93. The minimum Gasteiger partial charge on any atom is -0.334 e. The normalized spacial score (nSPS) is 19.0. The third-order valence-electron chi connectivity index (χ3n) is 3.34. The van der Waals surface area contributed by atoms with Gasteiger partial charge >= 0.3 is 0 Å². The molecule has 0 amide bonds. The van der Waals surface area contributed by atoms with E-state index in [-0.39, 0.29) is 6.04 Å². The lowest BCUT2D eigenvalue weighted by Gasteiger charge is -2.24. The molecule has 0 saturated heterocycles. The number of imidazole rings is 1. The largest absolute Gasteiger partial charge is 0.334 e. The Labute approximate surface area is 101 Å². The number of rotatable bonds is 2. The van der Waals surface area contributed by atoms with Gasteiger partial charge < -0.3 is 9.88 Å². The van der Waals surface area contributed by atoms with Crippen LogP contribution in [0.2, 0.25) is 0 Å². The van der Waals surface area contributed by atoms with Gasteiger partial charge in [0.1, 0.15) is 0 Å². The first-order valence-corrected chi connectivity index (χ1v) is 6.07. The number of nitrogens with zero attached hydrogens (tertiary/aromatic N) is 3. The molecule has 3 heterocycles. The van der Waals surface area contributed by atoms with Gasteiger partial charge in [0.25, 0.3) is 0 Å². The monoisotopic (exact) mass is 228 g/mol. The maximum absolute atomic E-state index is 4.57. The molecular weight excluding hydrogens is 212 g/mol. The fourth-order valence-electron chi connectivity index (χ4n) is 2.47. The van der Waals surface area contributed by atoms with E-state index in [2.05, 4.69) is 38.9 Å². The maximum Gasteiger partial charge on any atom is 0.0952 e. The molecule has 0 saturated carbocycles. The predicted molar refractivity (Wildman–Crippen MR) is 65.7 cm³/mol. The average Bonchev–Trinajstić information content (AvgIpc) is 2.82. The van der Waals surface area contributed by atoms with Gasteiger partial charge in [0.2, 0.25) is 0 Å². The highest BCUT2D eigenvalue weighted by Crippen LogP contribution is 2.26.